The number of unbranched alkanes of at least 4 members (excludes halogenated alkanes) is 1. The molecule has 24 heavy (non-hydrogen) atoms. The first-order valence-electron chi connectivity index (χ1n) is 9.18. The third kappa shape index (κ3) is 7.93. The molecule has 0 aromatic heterocycles. The van der Waals surface area contributed by atoms with Gasteiger partial charge in [-0.25, -0.2) is 4.79 Å². The van der Waals surface area contributed by atoms with Crippen molar-refractivity contribution in [2.45, 2.75) is 46.1 Å². The van der Waals surface area contributed by atoms with Gasteiger partial charge in [0.05, 0.1) is 12.7 Å². The average molecular weight is 335 g/mol. The molecular formula is C20H34N2O2. The highest BCUT2D eigenvalue weighted by atomic mass is 16.5. The minimum atomic E-state index is -0.279. The van der Waals surface area contributed by atoms with Crippen LogP contribution in [0, 0.1) is 0 Å². The summed E-state index contributed by atoms with van der Waals surface area (Å²) < 4.78 is 4.72. The van der Waals surface area contributed by atoms with Gasteiger partial charge in [-0.1, -0.05) is 26.0 Å². The number of carbonyl (C=O) groups excluding carboxylic acids is 1. The van der Waals surface area contributed by atoms with E-state index in [1.807, 2.05) is 24.3 Å². The molecule has 1 aromatic carbocycles. The third-order valence-electron chi connectivity index (χ3n) is 4.17. The Labute approximate surface area is 147 Å². The van der Waals surface area contributed by atoms with E-state index >= 15 is 0 Å². The van der Waals surface area contributed by atoms with Crippen LogP contribution in [0.1, 0.15) is 55.5 Å². The number of hydrogen-bond donors (Lipinski definition) is 0. The minimum Gasteiger partial charge on any atom is -0.465 e. The van der Waals surface area contributed by atoms with Gasteiger partial charge in [0.2, 0.25) is 0 Å². The topological polar surface area (TPSA) is 32.8 Å². The van der Waals surface area contributed by atoms with Gasteiger partial charge in [0, 0.05) is 6.54 Å². The fraction of sp³-hybridized carbons (Fsp3) is 0.650. The highest BCUT2D eigenvalue weighted by Gasteiger charge is 2.06. The largest absolute Gasteiger partial charge is 0.465 e. The first kappa shape index (κ1) is 20.7. The summed E-state index contributed by atoms with van der Waals surface area (Å²) in [6.45, 7) is 10.2. The van der Waals surface area contributed by atoms with Gasteiger partial charge in [-0.15, -0.1) is 0 Å². The highest BCUT2D eigenvalue weighted by molar-refractivity contribution is 5.89. The van der Waals surface area contributed by atoms with Crippen molar-refractivity contribution in [2.24, 2.45) is 0 Å². The van der Waals surface area contributed by atoms with E-state index in [2.05, 4.69) is 30.7 Å². The number of hydrogen-bond acceptors (Lipinski definition) is 4. The lowest BCUT2D eigenvalue weighted by atomic mass is 10.1. The molecule has 0 saturated heterocycles. The van der Waals surface area contributed by atoms with Crippen LogP contribution in [-0.4, -0.2) is 56.1 Å². The molecule has 0 saturated carbocycles. The summed E-state index contributed by atoms with van der Waals surface area (Å²) in [6.07, 6.45) is 4.95. The number of nitrogens with zero attached hydrogens (tertiary/aromatic N) is 2. The van der Waals surface area contributed by atoms with Gasteiger partial charge in [-0.2, -0.15) is 0 Å². The van der Waals surface area contributed by atoms with Crippen LogP contribution in [0.15, 0.2) is 24.3 Å². The molecule has 4 nitrogen and oxygen atoms in total. The van der Waals surface area contributed by atoms with E-state index in [0.29, 0.717) is 5.56 Å². The molecule has 0 aliphatic carbocycles. The molecule has 0 heterocycles. The first-order valence-corrected chi connectivity index (χ1v) is 9.18. The summed E-state index contributed by atoms with van der Waals surface area (Å²) in [5.74, 6) is -0.279. The Bertz CT molecular complexity index is 453. The van der Waals surface area contributed by atoms with Crippen LogP contribution in [0.2, 0.25) is 0 Å². The molecule has 4 heteroatoms. The van der Waals surface area contributed by atoms with E-state index in [9.17, 15) is 4.79 Å². The Morgan fingerprint density at radius 3 is 2.08 bits per heavy atom. The van der Waals surface area contributed by atoms with E-state index in [4.69, 9.17) is 4.74 Å². The molecule has 0 N–H and O–H groups in total. The number of benzene rings is 1. The lowest BCUT2D eigenvalue weighted by Gasteiger charge is -2.22. The van der Waals surface area contributed by atoms with E-state index in [-0.39, 0.29) is 5.97 Å². The Kier molecular flexibility index (Phi) is 10.4. The van der Waals surface area contributed by atoms with Crippen LogP contribution in [0.5, 0.6) is 0 Å². The van der Waals surface area contributed by atoms with E-state index < -0.39 is 0 Å². The lowest BCUT2D eigenvalue weighted by molar-refractivity contribution is 0.0600. The number of esters is 1. The average Bonchev–Trinajstić information content (AvgIpc) is 2.59. The standard InChI is InChI=1S/C20H34N2O2/c1-5-13-22(14-6-2)16-8-7-15-21(3)17-18-9-11-19(12-10-18)20(23)24-4/h9-12H,5-8,13-17H2,1-4H3. The van der Waals surface area contributed by atoms with Crippen LogP contribution in [0.3, 0.4) is 0 Å². The smallest absolute Gasteiger partial charge is 0.337 e. The summed E-state index contributed by atoms with van der Waals surface area (Å²) in [5.41, 5.74) is 1.83. The molecule has 1 rings (SSSR count). The molecule has 0 unspecified atom stereocenters. The fourth-order valence-corrected chi connectivity index (χ4v) is 2.94. The summed E-state index contributed by atoms with van der Waals surface area (Å²) in [7, 11) is 3.57. The molecule has 0 aliphatic heterocycles. The Balaban J connectivity index is 2.28. The predicted molar refractivity (Wildman–Crippen MR) is 100 cm³/mol. The van der Waals surface area contributed by atoms with Crippen molar-refractivity contribution >= 4 is 5.97 Å². The zero-order chi connectivity index (χ0) is 17.8. The second kappa shape index (κ2) is 12.0. The van der Waals surface area contributed by atoms with E-state index in [1.54, 1.807) is 0 Å². The van der Waals surface area contributed by atoms with Crippen molar-refractivity contribution in [3.63, 3.8) is 0 Å². The van der Waals surface area contributed by atoms with Gasteiger partial charge in [0.15, 0.2) is 0 Å². The summed E-state index contributed by atoms with van der Waals surface area (Å²) in [4.78, 5) is 16.4. The monoisotopic (exact) mass is 334 g/mol. The minimum absolute atomic E-state index is 0.279. The van der Waals surface area contributed by atoms with Crippen molar-refractivity contribution in [2.75, 3.05) is 40.3 Å². The summed E-state index contributed by atoms with van der Waals surface area (Å²) in [5, 5.41) is 0. The Hall–Kier alpha value is -1.39. The summed E-state index contributed by atoms with van der Waals surface area (Å²) in [6, 6.07) is 7.69. The maximum absolute atomic E-state index is 11.4. The van der Waals surface area contributed by atoms with Gasteiger partial charge < -0.3 is 14.5 Å². The van der Waals surface area contributed by atoms with Crippen molar-refractivity contribution in [3.05, 3.63) is 35.4 Å². The SMILES string of the molecule is CCCN(CCC)CCCCN(C)Cc1ccc(C(=O)OC)cc1. The maximum atomic E-state index is 11.4. The van der Waals surface area contributed by atoms with Gasteiger partial charge in [0.1, 0.15) is 0 Å². The van der Waals surface area contributed by atoms with Gasteiger partial charge in [-0.3, -0.25) is 0 Å². The van der Waals surface area contributed by atoms with Crippen LogP contribution in [0.4, 0.5) is 0 Å². The Morgan fingerprint density at radius 1 is 0.958 bits per heavy atom. The number of carbonyl (C=O) groups is 1. The van der Waals surface area contributed by atoms with Crippen LogP contribution >= 0.6 is 0 Å². The molecule has 136 valence electrons. The van der Waals surface area contributed by atoms with Crippen molar-refractivity contribution in [3.8, 4) is 0 Å². The quantitative estimate of drug-likeness (QED) is 0.430. The van der Waals surface area contributed by atoms with Crippen LogP contribution in [-0.2, 0) is 11.3 Å². The fourth-order valence-electron chi connectivity index (χ4n) is 2.94. The van der Waals surface area contributed by atoms with Crippen LogP contribution in [0.25, 0.3) is 0 Å². The number of ether oxygens (including phenoxy) is 1. The zero-order valence-corrected chi connectivity index (χ0v) is 15.9. The lowest BCUT2D eigenvalue weighted by Crippen LogP contribution is -2.27. The number of rotatable bonds is 12. The van der Waals surface area contributed by atoms with Crippen LogP contribution < -0.4 is 0 Å². The van der Waals surface area contributed by atoms with Crippen molar-refractivity contribution < 1.29 is 9.53 Å². The molecule has 0 atom stereocenters. The molecule has 0 radical (unpaired) electrons. The van der Waals surface area contributed by atoms with E-state index in [1.165, 1.54) is 58.0 Å². The van der Waals surface area contributed by atoms with E-state index in [0.717, 1.165) is 13.1 Å². The highest BCUT2D eigenvalue weighted by Crippen LogP contribution is 2.09. The molecule has 0 bridgehead atoms. The molecule has 0 aliphatic rings. The molecule has 0 fully saturated rings. The van der Waals surface area contributed by atoms with Crippen molar-refractivity contribution in [1.29, 1.82) is 0 Å². The first-order chi connectivity index (χ1) is 11.6. The van der Waals surface area contributed by atoms with Gasteiger partial charge in [0.25, 0.3) is 0 Å². The third-order valence-corrected chi connectivity index (χ3v) is 4.17. The second-order valence-electron chi connectivity index (χ2n) is 6.48. The predicted octanol–water partition coefficient (Wildman–Crippen LogP) is 3.81. The molecule has 0 spiro atoms. The molecular weight excluding hydrogens is 300 g/mol. The molecule has 0 amide bonds. The molecule has 1 aromatic rings. The van der Waals surface area contributed by atoms with Gasteiger partial charge >= 0.3 is 5.97 Å². The number of methoxy groups -OCH3 is 1. The second-order valence-corrected chi connectivity index (χ2v) is 6.48. The maximum Gasteiger partial charge on any atom is 0.337 e. The Morgan fingerprint density at radius 2 is 1.54 bits per heavy atom. The summed E-state index contributed by atoms with van der Waals surface area (Å²) >= 11 is 0. The zero-order valence-electron chi connectivity index (χ0n) is 15.9. The van der Waals surface area contributed by atoms with Gasteiger partial charge in [-0.05, 0) is 76.6 Å². The normalized spacial score (nSPS) is 11.2. The van der Waals surface area contributed by atoms with Crippen molar-refractivity contribution in [1.82, 2.24) is 9.80 Å².